The molecule has 1 atom stereocenters. The molecule has 1 aliphatic rings. The summed E-state index contributed by atoms with van der Waals surface area (Å²) in [6.45, 7) is 4.63. The van der Waals surface area contributed by atoms with Crippen molar-refractivity contribution in [3.63, 3.8) is 0 Å². The molecule has 2 aromatic carbocycles. The van der Waals surface area contributed by atoms with E-state index in [-0.39, 0.29) is 0 Å². The van der Waals surface area contributed by atoms with Gasteiger partial charge in [-0.1, -0.05) is 0 Å². The smallest absolute Gasteiger partial charge is 0.134 e. The van der Waals surface area contributed by atoms with E-state index >= 15 is 0 Å². The zero-order valence-corrected chi connectivity index (χ0v) is 16.4. The third-order valence-electron chi connectivity index (χ3n) is 5.73. The summed E-state index contributed by atoms with van der Waals surface area (Å²) in [6.07, 6.45) is 3.62. The van der Waals surface area contributed by atoms with E-state index in [0.717, 1.165) is 46.8 Å². The maximum atomic E-state index is 6.07. The predicted octanol–water partition coefficient (Wildman–Crippen LogP) is 5.24. The second-order valence-corrected chi connectivity index (χ2v) is 7.47. The monoisotopic (exact) mass is 364 g/mol. The summed E-state index contributed by atoms with van der Waals surface area (Å²) in [5.74, 6) is 1.95. The van der Waals surface area contributed by atoms with Gasteiger partial charge >= 0.3 is 0 Å². The number of rotatable bonds is 6. The Morgan fingerprint density at radius 2 is 1.89 bits per heavy atom. The van der Waals surface area contributed by atoms with Crippen LogP contribution in [0, 0.1) is 0 Å². The van der Waals surface area contributed by atoms with Crippen LogP contribution in [0.4, 0.5) is 11.4 Å². The Morgan fingerprint density at radius 3 is 2.59 bits per heavy atom. The van der Waals surface area contributed by atoms with Crippen LogP contribution in [-0.4, -0.2) is 38.2 Å². The summed E-state index contributed by atoms with van der Waals surface area (Å²) >= 11 is 0. The Hall–Kier alpha value is -2.46. The quantitative estimate of drug-likeness (QED) is 0.598. The molecule has 1 aromatic heterocycles. The van der Waals surface area contributed by atoms with Crippen LogP contribution >= 0.6 is 0 Å². The fraction of sp³-hybridized carbons (Fsp3) is 0.391. The van der Waals surface area contributed by atoms with Gasteiger partial charge in [0.15, 0.2) is 0 Å². The molecule has 0 saturated carbocycles. The number of likely N-dealkylation sites (tertiary alicyclic amines) is 1. The van der Waals surface area contributed by atoms with Crippen LogP contribution in [-0.2, 0) is 6.42 Å². The number of hydrogen-bond acceptors (Lipinski definition) is 4. The minimum absolute atomic E-state index is 0.708. The average molecular weight is 364 g/mol. The molecule has 0 radical (unpaired) electrons. The molecule has 0 N–H and O–H groups in total. The fourth-order valence-electron chi connectivity index (χ4n) is 3.95. The number of benzene rings is 2. The molecule has 1 unspecified atom stereocenters. The van der Waals surface area contributed by atoms with Crippen molar-refractivity contribution in [3.8, 4) is 5.75 Å². The van der Waals surface area contributed by atoms with Gasteiger partial charge in [-0.15, -0.1) is 0 Å². The number of anilines is 2. The van der Waals surface area contributed by atoms with Crippen molar-refractivity contribution in [1.29, 1.82) is 0 Å². The Morgan fingerprint density at radius 1 is 1.11 bits per heavy atom. The lowest BCUT2D eigenvalue weighted by molar-refractivity contribution is 0.266. The molecule has 1 fully saturated rings. The zero-order chi connectivity index (χ0) is 18.8. The molecule has 0 spiro atoms. The van der Waals surface area contributed by atoms with Gasteiger partial charge in [-0.3, -0.25) is 0 Å². The van der Waals surface area contributed by atoms with E-state index in [4.69, 9.17) is 9.15 Å². The number of hydrogen-bond donors (Lipinski definition) is 0. The topological polar surface area (TPSA) is 28.9 Å². The van der Waals surface area contributed by atoms with Crippen molar-refractivity contribution in [2.45, 2.75) is 32.2 Å². The number of furan rings is 1. The van der Waals surface area contributed by atoms with Gasteiger partial charge in [-0.2, -0.15) is 0 Å². The van der Waals surface area contributed by atoms with Crippen molar-refractivity contribution in [2.24, 2.45) is 0 Å². The van der Waals surface area contributed by atoms with E-state index in [9.17, 15) is 0 Å². The van der Waals surface area contributed by atoms with Crippen LogP contribution in [0.25, 0.3) is 11.0 Å². The van der Waals surface area contributed by atoms with Crippen molar-refractivity contribution in [3.05, 3.63) is 54.3 Å². The lowest BCUT2D eigenvalue weighted by Gasteiger charge is -2.19. The van der Waals surface area contributed by atoms with Crippen LogP contribution < -0.4 is 9.64 Å². The van der Waals surface area contributed by atoms with Gasteiger partial charge in [-0.05, 0) is 74.8 Å². The predicted molar refractivity (Wildman–Crippen MR) is 111 cm³/mol. The maximum Gasteiger partial charge on any atom is 0.134 e. The highest BCUT2D eigenvalue weighted by Gasteiger charge is 2.20. The average Bonchev–Trinajstić information content (AvgIpc) is 3.30. The number of ether oxygens (including phenoxy) is 1. The summed E-state index contributed by atoms with van der Waals surface area (Å²) < 4.78 is 11.3. The molecular formula is C23H28N2O2. The molecule has 4 heteroatoms. The SMILES string of the molecule is COc1ccc(N(C)c2ccc3oc(CCN4CCCC4C)cc3c2)cc1. The lowest BCUT2D eigenvalue weighted by Crippen LogP contribution is -2.28. The Kier molecular flexibility index (Phi) is 5.08. The summed E-state index contributed by atoms with van der Waals surface area (Å²) in [6, 6.07) is 17.4. The van der Waals surface area contributed by atoms with E-state index in [1.54, 1.807) is 7.11 Å². The Bertz CT molecular complexity index is 900. The molecule has 1 aliphatic heterocycles. The summed E-state index contributed by atoms with van der Waals surface area (Å²) in [4.78, 5) is 4.74. The molecule has 4 nitrogen and oxygen atoms in total. The first kappa shape index (κ1) is 17.9. The molecule has 1 saturated heterocycles. The van der Waals surface area contributed by atoms with Gasteiger partial charge in [0.25, 0.3) is 0 Å². The minimum Gasteiger partial charge on any atom is -0.497 e. The van der Waals surface area contributed by atoms with Crippen LogP contribution in [0.3, 0.4) is 0 Å². The first-order valence-corrected chi connectivity index (χ1v) is 9.78. The van der Waals surface area contributed by atoms with Gasteiger partial charge in [0.2, 0.25) is 0 Å². The van der Waals surface area contributed by atoms with E-state index in [1.807, 2.05) is 12.1 Å². The van der Waals surface area contributed by atoms with E-state index in [1.165, 1.54) is 19.4 Å². The summed E-state index contributed by atoms with van der Waals surface area (Å²) in [5.41, 5.74) is 3.24. The molecule has 3 aromatic rings. The Balaban J connectivity index is 1.49. The highest BCUT2D eigenvalue weighted by molar-refractivity contribution is 5.83. The van der Waals surface area contributed by atoms with E-state index < -0.39 is 0 Å². The van der Waals surface area contributed by atoms with E-state index in [2.05, 4.69) is 60.2 Å². The molecule has 0 bridgehead atoms. The molecule has 0 aliphatic carbocycles. The number of methoxy groups -OCH3 is 1. The molecular weight excluding hydrogens is 336 g/mol. The third-order valence-corrected chi connectivity index (χ3v) is 5.73. The zero-order valence-electron chi connectivity index (χ0n) is 16.4. The summed E-state index contributed by atoms with van der Waals surface area (Å²) in [5, 5.41) is 1.16. The first-order valence-electron chi connectivity index (χ1n) is 9.78. The van der Waals surface area contributed by atoms with Crippen LogP contribution in [0.15, 0.2) is 52.9 Å². The summed E-state index contributed by atoms with van der Waals surface area (Å²) in [7, 11) is 3.77. The minimum atomic E-state index is 0.708. The van der Waals surface area contributed by atoms with Gasteiger partial charge in [0, 0.05) is 42.8 Å². The molecule has 142 valence electrons. The van der Waals surface area contributed by atoms with Gasteiger partial charge in [-0.25, -0.2) is 0 Å². The van der Waals surface area contributed by atoms with E-state index in [0.29, 0.717) is 6.04 Å². The first-order chi connectivity index (χ1) is 13.1. The second-order valence-electron chi connectivity index (χ2n) is 7.47. The molecule has 4 rings (SSSR count). The van der Waals surface area contributed by atoms with Crippen LogP contribution in [0.1, 0.15) is 25.5 Å². The van der Waals surface area contributed by atoms with Gasteiger partial charge in [0.1, 0.15) is 17.1 Å². The van der Waals surface area contributed by atoms with Crippen LogP contribution in [0.5, 0.6) is 5.75 Å². The maximum absolute atomic E-state index is 6.07. The fourth-order valence-corrected chi connectivity index (χ4v) is 3.95. The van der Waals surface area contributed by atoms with Crippen molar-refractivity contribution < 1.29 is 9.15 Å². The van der Waals surface area contributed by atoms with Gasteiger partial charge < -0.3 is 19.0 Å². The molecule has 0 amide bonds. The lowest BCUT2D eigenvalue weighted by atomic mass is 10.2. The molecule has 27 heavy (non-hydrogen) atoms. The number of fused-ring (bicyclic) bond motifs is 1. The van der Waals surface area contributed by atoms with Crippen molar-refractivity contribution >= 4 is 22.3 Å². The highest BCUT2D eigenvalue weighted by atomic mass is 16.5. The Labute approximate surface area is 161 Å². The number of nitrogens with zero attached hydrogens (tertiary/aromatic N) is 2. The standard InChI is InChI=1S/C23H28N2O2/c1-17-5-4-13-25(17)14-12-22-16-18-15-20(8-11-23(18)27-22)24(2)19-6-9-21(26-3)10-7-19/h6-11,15-17H,4-5,12-14H2,1-3H3. The second kappa shape index (κ2) is 7.65. The van der Waals surface area contributed by atoms with Crippen LogP contribution in [0.2, 0.25) is 0 Å². The molecule has 2 heterocycles. The highest BCUT2D eigenvalue weighted by Crippen LogP contribution is 2.30. The third kappa shape index (κ3) is 3.81. The van der Waals surface area contributed by atoms with Crippen molar-refractivity contribution in [1.82, 2.24) is 4.90 Å². The van der Waals surface area contributed by atoms with Gasteiger partial charge in [0.05, 0.1) is 7.11 Å². The largest absolute Gasteiger partial charge is 0.497 e. The normalized spacial score (nSPS) is 17.5. The van der Waals surface area contributed by atoms with Crippen molar-refractivity contribution in [2.75, 3.05) is 32.1 Å².